The Balaban J connectivity index is 2.54. The third-order valence-electron chi connectivity index (χ3n) is 4.17. The Morgan fingerprint density at radius 1 is 0.840 bits per heavy atom. The second kappa shape index (κ2) is 7.57. The summed E-state index contributed by atoms with van der Waals surface area (Å²) in [5, 5.41) is 12.2. The summed E-state index contributed by atoms with van der Waals surface area (Å²) in [7, 11) is -2.53. The zero-order valence-electron chi connectivity index (χ0n) is 15.8. The Labute approximate surface area is 153 Å². The Morgan fingerprint density at radius 3 is 1.64 bits per heavy atom. The number of aliphatic hydroxyl groups is 1. The van der Waals surface area contributed by atoms with E-state index in [2.05, 4.69) is 81.1 Å². The van der Waals surface area contributed by atoms with E-state index in [1.165, 1.54) is 10.4 Å². The van der Waals surface area contributed by atoms with Gasteiger partial charge in [-0.15, -0.1) is 0 Å². The molecule has 0 aliphatic heterocycles. The van der Waals surface area contributed by atoms with Gasteiger partial charge in [-0.3, -0.25) is 0 Å². The first-order valence-electron chi connectivity index (χ1n) is 8.64. The van der Waals surface area contributed by atoms with E-state index in [4.69, 9.17) is 4.43 Å². The fraction of sp³-hybridized carbons (Fsp3) is 0.364. The van der Waals surface area contributed by atoms with Crippen LogP contribution in [-0.2, 0) is 4.43 Å². The highest BCUT2D eigenvalue weighted by atomic mass is 28.4. The van der Waals surface area contributed by atoms with Crippen LogP contribution in [0.15, 0.2) is 60.7 Å². The molecule has 0 bridgehead atoms. The van der Waals surface area contributed by atoms with E-state index in [-0.39, 0.29) is 5.04 Å². The molecule has 0 radical (unpaired) electrons. The van der Waals surface area contributed by atoms with Crippen LogP contribution in [0, 0.1) is 11.8 Å². The minimum atomic E-state index is -2.53. The van der Waals surface area contributed by atoms with Crippen molar-refractivity contribution in [1.29, 1.82) is 0 Å². The van der Waals surface area contributed by atoms with E-state index in [1.54, 1.807) is 13.8 Å². The standard InChI is InChI=1S/C22H28O2Si/c1-21(2,3)25(19-13-8-6-9-14-19,20-15-10-7-11-16-20)24-18-12-17-22(4,5)23/h6-11,13-16,23H,18H2,1-5H3. The third-order valence-corrected chi connectivity index (χ3v) is 9.15. The van der Waals surface area contributed by atoms with Crippen molar-refractivity contribution in [3.8, 4) is 11.8 Å². The number of hydrogen-bond donors (Lipinski definition) is 1. The van der Waals surface area contributed by atoms with Crippen molar-refractivity contribution in [2.45, 2.75) is 45.3 Å². The molecule has 0 spiro atoms. The summed E-state index contributed by atoms with van der Waals surface area (Å²) < 4.78 is 6.62. The van der Waals surface area contributed by atoms with Gasteiger partial charge in [-0.05, 0) is 29.3 Å². The summed E-state index contributed by atoms with van der Waals surface area (Å²) in [5.41, 5.74) is -1.01. The van der Waals surface area contributed by atoms with E-state index in [0.717, 1.165) is 0 Å². The molecule has 0 saturated carbocycles. The van der Waals surface area contributed by atoms with Crippen LogP contribution < -0.4 is 10.4 Å². The molecule has 0 unspecified atom stereocenters. The summed E-state index contributed by atoms with van der Waals surface area (Å²) in [5.74, 6) is 5.86. The van der Waals surface area contributed by atoms with Gasteiger partial charge in [0.15, 0.2) is 0 Å². The molecule has 3 heteroatoms. The van der Waals surface area contributed by atoms with Crippen molar-refractivity contribution >= 4 is 18.7 Å². The molecule has 0 aromatic heterocycles. The van der Waals surface area contributed by atoms with E-state index in [1.807, 2.05) is 12.1 Å². The SMILES string of the molecule is CC(C)(O)C#CCO[Si](c1ccccc1)(c1ccccc1)C(C)(C)C. The quantitative estimate of drug-likeness (QED) is 0.675. The third kappa shape index (κ3) is 4.61. The second-order valence-electron chi connectivity index (χ2n) is 7.81. The van der Waals surface area contributed by atoms with Gasteiger partial charge in [0.05, 0.1) is 6.61 Å². The molecule has 0 aliphatic carbocycles. The summed E-state index contributed by atoms with van der Waals surface area (Å²) >= 11 is 0. The maximum absolute atomic E-state index is 9.82. The number of benzene rings is 2. The van der Waals surface area contributed by atoms with Crippen LogP contribution >= 0.6 is 0 Å². The normalized spacial score (nSPS) is 12.4. The Bertz CT molecular complexity index is 689. The van der Waals surface area contributed by atoms with Crippen LogP contribution in [-0.4, -0.2) is 25.6 Å². The van der Waals surface area contributed by atoms with Gasteiger partial charge >= 0.3 is 0 Å². The summed E-state index contributed by atoms with van der Waals surface area (Å²) in [6, 6.07) is 21.0. The average molecular weight is 353 g/mol. The maximum Gasteiger partial charge on any atom is 0.262 e. The molecular formula is C22H28O2Si. The minimum absolute atomic E-state index is 0.0634. The lowest BCUT2D eigenvalue weighted by atomic mass is 10.1. The molecular weight excluding hydrogens is 324 g/mol. The monoisotopic (exact) mass is 352 g/mol. The highest BCUT2D eigenvalue weighted by molar-refractivity contribution is 6.99. The van der Waals surface area contributed by atoms with Gasteiger partial charge in [0.1, 0.15) is 5.60 Å². The van der Waals surface area contributed by atoms with Gasteiger partial charge in [-0.1, -0.05) is 93.3 Å². The molecule has 0 aliphatic rings. The predicted molar refractivity (Wildman–Crippen MR) is 108 cm³/mol. The van der Waals surface area contributed by atoms with E-state index < -0.39 is 13.9 Å². The maximum atomic E-state index is 9.82. The van der Waals surface area contributed by atoms with Crippen molar-refractivity contribution in [2.24, 2.45) is 0 Å². The summed E-state index contributed by atoms with van der Waals surface area (Å²) in [6.45, 7) is 10.4. The molecule has 1 N–H and O–H groups in total. The van der Waals surface area contributed by atoms with Crippen molar-refractivity contribution in [2.75, 3.05) is 6.61 Å². The van der Waals surface area contributed by atoms with Crippen LogP contribution in [0.5, 0.6) is 0 Å². The summed E-state index contributed by atoms with van der Waals surface area (Å²) in [6.07, 6.45) is 0. The lowest BCUT2D eigenvalue weighted by Crippen LogP contribution is -2.66. The Morgan fingerprint density at radius 2 is 1.28 bits per heavy atom. The van der Waals surface area contributed by atoms with Gasteiger partial charge in [-0.2, -0.15) is 0 Å². The average Bonchev–Trinajstić information content (AvgIpc) is 2.54. The molecule has 0 amide bonds. The van der Waals surface area contributed by atoms with E-state index in [9.17, 15) is 5.11 Å². The highest BCUT2D eigenvalue weighted by Crippen LogP contribution is 2.36. The summed E-state index contributed by atoms with van der Waals surface area (Å²) in [4.78, 5) is 0. The van der Waals surface area contributed by atoms with Gasteiger partial charge < -0.3 is 9.53 Å². The number of hydrogen-bond acceptors (Lipinski definition) is 2. The predicted octanol–water partition coefficient (Wildman–Crippen LogP) is 3.34. The zero-order chi connectivity index (χ0) is 18.6. The van der Waals surface area contributed by atoms with Crippen molar-refractivity contribution in [3.05, 3.63) is 60.7 Å². The first-order valence-corrected chi connectivity index (χ1v) is 10.5. The second-order valence-corrected chi connectivity index (χ2v) is 12.1. The van der Waals surface area contributed by atoms with Gasteiger partial charge in [0.2, 0.25) is 0 Å². The van der Waals surface area contributed by atoms with Crippen LogP contribution in [0.25, 0.3) is 0 Å². The van der Waals surface area contributed by atoms with Crippen molar-refractivity contribution in [3.63, 3.8) is 0 Å². The fourth-order valence-corrected chi connectivity index (χ4v) is 7.60. The topological polar surface area (TPSA) is 29.5 Å². The first-order chi connectivity index (χ1) is 11.7. The van der Waals surface area contributed by atoms with Crippen LogP contribution in [0.1, 0.15) is 34.6 Å². The molecule has 0 atom stereocenters. The molecule has 0 heterocycles. The smallest absolute Gasteiger partial charge is 0.262 e. The first kappa shape index (κ1) is 19.5. The lowest BCUT2D eigenvalue weighted by molar-refractivity contribution is 0.143. The molecule has 0 saturated heterocycles. The van der Waals surface area contributed by atoms with Crippen molar-refractivity contribution in [1.82, 2.24) is 0 Å². The van der Waals surface area contributed by atoms with Crippen LogP contribution in [0.2, 0.25) is 5.04 Å². The van der Waals surface area contributed by atoms with E-state index in [0.29, 0.717) is 6.61 Å². The molecule has 0 fully saturated rings. The zero-order valence-corrected chi connectivity index (χ0v) is 16.8. The fourth-order valence-electron chi connectivity index (χ4n) is 3.16. The van der Waals surface area contributed by atoms with Crippen molar-refractivity contribution < 1.29 is 9.53 Å². The lowest BCUT2D eigenvalue weighted by Gasteiger charge is -2.42. The minimum Gasteiger partial charge on any atom is -0.396 e. The van der Waals surface area contributed by atoms with Gasteiger partial charge in [0, 0.05) is 0 Å². The van der Waals surface area contributed by atoms with Gasteiger partial charge in [-0.25, -0.2) is 0 Å². The van der Waals surface area contributed by atoms with Crippen LogP contribution in [0.3, 0.4) is 0 Å². The number of rotatable bonds is 4. The van der Waals surface area contributed by atoms with Crippen LogP contribution in [0.4, 0.5) is 0 Å². The molecule has 132 valence electrons. The molecule has 2 aromatic rings. The molecule has 25 heavy (non-hydrogen) atoms. The van der Waals surface area contributed by atoms with E-state index >= 15 is 0 Å². The highest BCUT2D eigenvalue weighted by Gasteiger charge is 2.49. The Hall–Kier alpha value is -1.86. The Kier molecular flexibility index (Phi) is 5.90. The molecule has 2 aromatic carbocycles. The largest absolute Gasteiger partial charge is 0.396 e. The molecule has 2 rings (SSSR count). The molecule has 2 nitrogen and oxygen atoms in total. The van der Waals surface area contributed by atoms with Gasteiger partial charge in [0.25, 0.3) is 8.32 Å².